The number of halogens is 1. The van der Waals surface area contributed by atoms with Crippen molar-refractivity contribution in [2.45, 2.75) is 0 Å². The zero-order chi connectivity index (χ0) is 4.12. The Balaban J connectivity index is 0. The van der Waals surface area contributed by atoms with Crippen LogP contribution in [-0.4, -0.2) is 13.6 Å². The number of hydrogen-bond acceptors (Lipinski definition) is 2. The van der Waals surface area contributed by atoms with E-state index in [2.05, 4.69) is 4.74 Å². The Kier molecular flexibility index (Phi) is 8.80. The fourth-order valence-corrected chi connectivity index (χ4v) is 0. The van der Waals surface area contributed by atoms with E-state index >= 15 is 0 Å². The average molecular weight is 97.5 g/mol. The van der Waals surface area contributed by atoms with E-state index in [1.807, 2.05) is 0 Å². The fourth-order valence-electron chi connectivity index (χ4n) is 0. The van der Waals surface area contributed by atoms with E-state index in [4.69, 9.17) is 6.17 Å². The van der Waals surface area contributed by atoms with E-state index in [1.54, 1.807) is 0 Å². The lowest BCUT2D eigenvalue weighted by Crippen LogP contribution is -1.68. The van der Waals surface area contributed by atoms with Crippen molar-refractivity contribution < 1.29 is 10.9 Å². The van der Waals surface area contributed by atoms with Crippen molar-refractivity contribution >= 4 is 18.9 Å². The van der Waals surface area contributed by atoms with E-state index < -0.39 is 0 Å². The third kappa shape index (κ3) is 20.2. The molecular formula is C2H5ClO2. The zero-order valence-corrected chi connectivity index (χ0v) is 3.33. The van der Waals surface area contributed by atoms with Gasteiger partial charge in [-0.15, -0.1) is 12.4 Å². The first kappa shape index (κ1) is 4.76. The van der Waals surface area contributed by atoms with Gasteiger partial charge in [-0.3, -0.25) is 4.79 Å². The first-order chi connectivity index (χ1) is 2.41. The van der Waals surface area contributed by atoms with Crippen LogP contribution in [0.5, 0.6) is 0 Å². The highest BCUT2D eigenvalue weighted by molar-refractivity contribution is 5.85. The molecule has 0 fully saturated rings. The topological polar surface area (TPSA) is 26.3 Å². The van der Waals surface area contributed by atoms with Crippen LogP contribution in [0.25, 0.3) is 0 Å². The molecule has 0 aliphatic heterocycles. The first-order valence-electron chi connectivity index (χ1n) is 1.47. The molecule has 0 atom stereocenters. The summed E-state index contributed by atoms with van der Waals surface area (Å²) in [6.45, 7) is 0.243. The maximum Gasteiger partial charge on any atom is 0.292 e. The van der Waals surface area contributed by atoms with Crippen LogP contribution >= 0.6 is 12.4 Å². The summed E-state index contributed by atoms with van der Waals surface area (Å²) >= 11 is 0. The van der Waals surface area contributed by atoms with Gasteiger partial charge in [0.2, 0.25) is 0 Å². The second-order valence-electron chi connectivity index (χ2n) is 0.263. The SMILES string of the molecule is Cl.[2H]COC=O. The summed E-state index contributed by atoms with van der Waals surface area (Å²) in [4.78, 5) is 9.06. The summed E-state index contributed by atoms with van der Waals surface area (Å²) in [5.41, 5.74) is 0. The molecule has 0 saturated heterocycles. The Hall–Kier alpha value is -0.240. The number of ether oxygens (including phenoxy) is 1. The molecule has 0 aromatic rings. The molecule has 0 aromatic carbocycles. The minimum Gasteiger partial charge on any atom is -0.471 e. The van der Waals surface area contributed by atoms with Gasteiger partial charge >= 0.3 is 0 Å². The van der Waals surface area contributed by atoms with Gasteiger partial charge in [0.25, 0.3) is 6.47 Å². The molecule has 5 heavy (non-hydrogen) atoms. The molecule has 0 rings (SSSR count). The van der Waals surface area contributed by atoms with Crippen LogP contribution in [0.3, 0.4) is 0 Å². The third-order valence-corrected chi connectivity index (χ3v) is 0.0680. The van der Waals surface area contributed by atoms with E-state index in [0.29, 0.717) is 0 Å². The van der Waals surface area contributed by atoms with E-state index in [-0.39, 0.29) is 26.0 Å². The molecule has 0 aromatic heterocycles. The Labute approximate surface area is 37.9 Å². The van der Waals surface area contributed by atoms with Gasteiger partial charge in [0, 0.05) is 0 Å². The van der Waals surface area contributed by atoms with Gasteiger partial charge in [0.1, 0.15) is 0 Å². The number of methoxy groups -OCH3 is 1. The highest BCUT2D eigenvalue weighted by Crippen LogP contribution is 1.35. The van der Waals surface area contributed by atoms with Crippen LogP contribution in [0.1, 0.15) is 1.37 Å². The van der Waals surface area contributed by atoms with Crippen LogP contribution in [0.4, 0.5) is 0 Å². The van der Waals surface area contributed by atoms with Crippen LogP contribution in [0, 0.1) is 0 Å². The molecule has 0 unspecified atom stereocenters. The number of rotatable bonds is 1. The smallest absolute Gasteiger partial charge is 0.292 e. The van der Waals surface area contributed by atoms with Gasteiger partial charge in [-0.05, 0) is 0 Å². The van der Waals surface area contributed by atoms with Crippen LogP contribution < -0.4 is 0 Å². The van der Waals surface area contributed by atoms with Crippen molar-refractivity contribution in [1.82, 2.24) is 0 Å². The minimum absolute atomic E-state index is 0. The summed E-state index contributed by atoms with van der Waals surface area (Å²) in [7, 11) is -0.274. The molecule has 0 aliphatic rings. The Morgan fingerprint density at radius 1 is 2.20 bits per heavy atom. The third-order valence-electron chi connectivity index (χ3n) is 0.0680. The largest absolute Gasteiger partial charge is 0.471 e. The molecule has 0 radical (unpaired) electrons. The molecule has 0 spiro atoms. The molecule has 3 heteroatoms. The van der Waals surface area contributed by atoms with Crippen molar-refractivity contribution in [1.29, 1.82) is 0 Å². The van der Waals surface area contributed by atoms with Crippen molar-refractivity contribution in [2.75, 3.05) is 7.09 Å². The number of carbonyl (C=O) groups excluding carboxylic acids is 1. The van der Waals surface area contributed by atoms with Gasteiger partial charge in [0.05, 0.1) is 8.46 Å². The molecule has 0 heterocycles. The molecule has 0 N–H and O–H groups in total. The quantitative estimate of drug-likeness (QED) is 0.438. The summed E-state index contributed by atoms with van der Waals surface area (Å²) in [5.74, 6) is 0. The summed E-state index contributed by atoms with van der Waals surface area (Å²) in [6, 6.07) is 0. The van der Waals surface area contributed by atoms with Crippen LogP contribution in [0.15, 0.2) is 0 Å². The van der Waals surface area contributed by atoms with Crippen molar-refractivity contribution in [3.63, 3.8) is 0 Å². The monoisotopic (exact) mass is 97.0 g/mol. The fraction of sp³-hybridized carbons (Fsp3) is 0.500. The normalized spacial score (nSPS) is 6.80. The summed E-state index contributed by atoms with van der Waals surface area (Å²) in [6.07, 6.45) is 0. The zero-order valence-electron chi connectivity index (χ0n) is 3.51. The minimum atomic E-state index is -0.274. The van der Waals surface area contributed by atoms with E-state index in [9.17, 15) is 0 Å². The predicted octanol–water partition coefficient (Wildman–Crippen LogP) is 0.211. The Morgan fingerprint density at radius 3 is 2.80 bits per heavy atom. The lowest BCUT2D eigenvalue weighted by atomic mass is 11.5. The second kappa shape index (κ2) is 9.25. The first-order valence-corrected chi connectivity index (χ1v) is 0.760. The second-order valence-corrected chi connectivity index (χ2v) is 0.263. The molecule has 32 valence electrons. The number of carbonyl (C=O) groups is 1. The van der Waals surface area contributed by atoms with E-state index in [1.165, 1.54) is 0 Å². The van der Waals surface area contributed by atoms with E-state index in [0.717, 1.165) is 0 Å². The molecule has 0 bridgehead atoms. The Bertz CT molecular complexity index is 32.7. The standard InChI is InChI=1S/C2H4O2.ClH/c1-4-2-3;/h2H,1H3;1H/i1D;. The lowest BCUT2D eigenvalue weighted by Gasteiger charge is -1.67. The molecule has 0 saturated carbocycles. The van der Waals surface area contributed by atoms with Crippen molar-refractivity contribution in [2.24, 2.45) is 0 Å². The number of hydrogen-bond donors (Lipinski definition) is 0. The van der Waals surface area contributed by atoms with Crippen LogP contribution in [-0.2, 0) is 9.53 Å². The summed E-state index contributed by atoms with van der Waals surface area (Å²) < 4.78 is 9.97. The molecule has 0 amide bonds. The van der Waals surface area contributed by atoms with Gasteiger partial charge in [-0.1, -0.05) is 0 Å². The van der Waals surface area contributed by atoms with Gasteiger partial charge < -0.3 is 4.74 Å². The van der Waals surface area contributed by atoms with Gasteiger partial charge in [-0.2, -0.15) is 0 Å². The Morgan fingerprint density at radius 2 is 2.80 bits per heavy atom. The highest BCUT2D eigenvalue weighted by Gasteiger charge is 1.44. The maximum absolute atomic E-state index is 9.06. The van der Waals surface area contributed by atoms with Gasteiger partial charge in [0.15, 0.2) is 0 Å². The average Bonchev–Trinajstić information content (AvgIpc) is 1.41. The van der Waals surface area contributed by atoms with Crippen LogP contribution in [0.2, 0.25) is 0 Å². The molecule has 0 aliphatic carbocycles. The molecular weight excluding hydrogens is 91.5 g/mol. The molecule has 2 nitrogen and oxygen atoms in total. The van der Waals surface area contributed by atoms with Gasteiger partial charge in [-0.25, -0.2) is 0 Å². The van der Waals surface area contributed by atoms with Crippen molar-refractivity contribution in [3.05, 3.63) is 0 Å². The van der Waals surface area contributed by atoms with Crippen molar-refractivity contribution in [3.8, 4) is 0 Å². The maximum atomic E-state index is 9.06. The predicted molar refractivity (Wildman–Crippen MR) is 20.3 cm³/mol. The summed E-state index contributed by atoms with van der Waals surface area (Å²) in [5, 5.41) is 0. The lowest BCUT2D eigenvalue weighted by molar-refractivity contribution is -0.126. The highest BCUT2D eigenvalue weighted by atomic mass is 35.5.